The fourth-order valence-electron chi connectivity index (χ4n) is 1.79. The van der Waals surface area contributed by atoms with E-state index in [9.17, 15) is 0 Å². The van der Waals surface area contributed by atoms with Gasteiger partial charge in [-0.05, 0) is 25.2 Å². The van der Waals surface area contributed by atoms with Crippen LogP contribution in [0.25, 0.3) is 0 Å². The number of nitrogens with zero attached hydrogens (tertiary/aromatic N) is 2. The first-order valence-corrected chi connectivity index (χ1v) is 7.36. The summed E-state index contributed by atoms with van der Waals surface area (Å²) in [4.78, 5) is 9.27. The SMILES string of the molecule is CCCNc1cc(NCC2CC2)nc(C(C)(C)C)n1. The Morgan fingerprint density at radius 3 is 2.32 bits per heavy atom. The molecule has 2 N–H and O–H groups in total. The molecular formula is C15H26N4. The van der Waals surface area contributed by atoms with Gasteiger partial charge in [0.2, 0.25) is 0 Å². The summed E-state index contributed by atoms with van der Waals surface area (Å²) in [6.07, 6.45) is 3.80. The lowest BCUT2D eigenvalue weighted by molar-refractivity contribution is 0.546. The summed E-state index contributed by atoms with van der Waals surface area (Å²) in [6, 6.07) is 2.02. The molecule has 19 heavy (non-hydrogen) atoms. The second-order valence-corrected chi connectivity index (χ2v) is 6.46. The molecule has 0 bridgehead atoms. The first-order valence-electron chi connectivity index (χ1n) is 7.36. The molecule has 2 rings (SSSR count). The summed E-state index contributed by atoms with van der Waals surface area (Å²) in [5, 5.41) is 6.80. The highest BCUT2D eigenvalue weighted by Crippen LogP contribution is 2.29. The van der Waals surface area contributed by atoms with Crippen molar-refractivity contribution in [1.29, 1.82) is 0 Å². The zero-order valence-electron chi connectivity index (χ0n) is 12.6. The molecule has 0 amide bonds. The van der Waals surface area contributed by atoms with Crippen molar-refractivity contribution in [3.05, 3.63) is 11.9 Å². The van der Waals surface area contributed by atoms with Gasteiger partial charge in [-0.1, -0.05) is 27.7 Å². The summed E-state index contributed by atoms with van der Waals surface area (Å²) in [5.41, 5.74) is -0.0279. The second-order valence-electron chi connectivity index (χ2n) is 6.46. The molecule has 1 aromatic heterocycles. The Kier molecular flexibility index (Phi) is 4.27. The molecule has 0 saturated heterocycles. The molecule has 1 saturated carbocycles. The van der Waals surface area contributed by atoms with Gasteiger partial charge in [-0.25, -0.2) is 9.97 Å². The lowest BCUT2D eigenvalue weighted by Crippen LogP contribution is -2.19. The van der Waals surface area contributed by atoms with Gasteiger partial charge in [0, 0.05) is 24.6 Å². The van der Waals surface area contributed by atoms with Crippen LogP contribution in [0.5, 0.6) is 0 Å². The first-order chi connectivity index (χ1) is 8.99. The van der Waals surface area contributed by atoms with Crippen molar-refractivity contribution in [3.8, 4) is 0 Å². The number of rotatable bonds is 6. The lowest BCUT2D eigenvalue weighted by atomic mass is 9.96. The smallest absolute Gasteiger partial charge is 0.138 e. The quantitative estimate of drug-likeness (QED) is 0.825. The molecule has 0 spiro atoms. The molecule has 4 nitrogen and oxygen atoms in total. The molecule has 0 atom stereocenters. The van der Waals surface area contributed by atoms with Crippen LogP contribution in [0.4, 0.5) is 11.6 Å². The average Bonchev–Trinajstić information content (AvgIpc) is 3.16. The summed E-state index contributed by atoms with van der Waals surface area (Å²) in [5.74, 6) is 3.62. The van der Waals surface area contributed by atoms with Crippen LogP contribution in [0.2, 0.25) is 0 Å². The first kappa shape index (κ1) is 14.1. The molecule has 4 heteroatoms. The Morgan fingerprint density at radius 2 is 1.79 bits per heavy atom. The molecule has 0 radical (unpaired) electrons. The van der Waals surface area contributed by atoms with Gasteiger partial charge in [-0.15, -0.1) is 0 Å². The number of anilines is 2. The molecule has 1 aromatic rings. The largest absolute Gasteiger partial charge is 0.370 e. The van der Waals surface area contributed by atoms with Gasteiger partial charge in [-0.2, -0.15) is 0 Å². The average molecular weight is 262 g/mol. The number of hydrogen-bond acceptors (Lipinski definition) is 4. The van der Waals surface area contributed by atoms with Crippen molar-refractivity contribution in [2.75, 3.05) is 23.7 Å². The van der Waals surface area contributed by atoms with E-state index >= 15 is 0 Å². The van der Waals surface area contributed by atoms with E-state index in [1.165, 1.54) is 12.8 Å². The van der Waals surface area contributed by atoms with Gasteiger partial charge in [0.05, 0.1) is 0 Å². The maximum atomic E-state index is 4.65. The minimum Gasteiger partial charge on any atom is -0.370 e. The van der Waals surface area contributed by atoms with Crippen molar-refractivity contribution in [2.24, 2.45) is 5.92 Å². The van der Waals surface area contributed by atoms with Crippen molar-refractivity contribution in [2.45, 2.75) is 52.4 Å². The van der Waals surface area contributed by atoms with E-state index in [0.29, 0.717) is 0 Å². The zero-order valence-corrected chi connectivity index (χ0v) is 12.6. The normalized spacial score (nSPS) is 15.4. The van der Waals surface area contributed by atoms with Gasteiger partial charge in [0.15, 0.2) is 0 Å². The highest BCUT2D eigenvalue weighted by Gasteiger charge is 2.22. The summed E-state index contributed by atoms with van der Waals surface area (Å²) in [7, 11) is 0. The summed E-state index contributed by atoms with van der Waals surface area (Å²) in [6.45, 7) is 10.6. The van der Waals surface area contributed by atoms with Crippen molar-refractivity contribution >= 4 is 11.6 Å². The lowest BCUT2D eigenvalue weighted by Gasteiger charge is -2.19. The monoisotopic (exact) mass is 262 g/mol. The number of nitrogens with one attached hydrogen (secondary N) is 2. The van der Waals surface area contributed by atoms with Crippen LogP contribution in [-0.2, 0) is 5.41 Å². The minimum atomic E-state index is -0.0279. The maximum absolute atomic E-state index is 4.65. The predicted octanol–water partition coefficient (Wildman–Crippen LogP) is 3.42. The van der Waals surface area contributed by atoms with Crippen molar-refractivity contribution in [3.63, 3.8) is 0 Å². The van der Waals surface area contributed by atoms with Crippen LogP contribution in [-0.4, -0.2) is 23.1 Å². The predicted molar refractivity (Wildman–Crippen MR) is 80.7 cm³/mol. The minimum absolute atomic E-state index is 0.0279. The molecule has 106 valence electrons. The standard InChI is InChI=1S/C15H26N4/c1-5-8-16-12-9-13(17-10-11-6-7-11)19-14(18-12)15(2,3)4/h9,11H,5-8,10H2,1-4H3,(H2,16,17,18,19). The maximum Gasteiger partial charge on any atom is 0.138 e. The van der Waals surface area contributed by atoms with Gasteiger partial charge in [-0.3, -0.25) is 0 Å². The Morgan fingerprint density at radius 1 is 1.16 bits per heavy atom. The Bertz CT molecular complexity index is 419. The molecule has 1 aliphatic carbocycles. The summed E-state index contributed by atoms with van der Waals surface area (Å²) < 4.78 is 0. The van der Waals surface area contributed by atoms with Gasteiger partial charge < -0.3 is 10.6 Å². The zero-order chi connectivity index (χ0) is 13.9. The number of hydrogen-bond donors (Lipinski definition) is 2. The van der Waals surface area contributed by atoms with Crippen LogP contribution in [0.3, 0.4) is 0 Å². The van der Waals surface area contributed by atoms with E-state index in [-0.39, 0.29) is 5.41 Å². The molecule has 0 unspecified atom stereocenters. The molecular weight excluding hydrogens is 236 g/mol. The molecule has 1 fully saturated rings. The second kappa shape index (κ2) is 5.76. The van der Waals surface area contributed by atoms with Crippen LogP contribution in [0.1, 0.15) is 52.8 Å². The molecule has 1 aliphatic rings. The van der Waals surface area contributed by atoms with E-state index in [1.54, 1.807) is 0 Å². The molecule has 1 heterocycles. The van der Waals surface area contributed by atoms with E-state index in [1.807, 2.05) is 6.07 Å². The van der Waals surface area contributed by atoms with E-state index in [4.69, 9.17) is 0 Å². The molecule has 0 aliphatic heterocycles. The highest BCUT2D eigenvalue weighted by molar-refractivity contribution is 5.48. The van der Waals surface area contributed by atoms with E-state index < -0.39 is 0 Å². The van der Waals surface area contributed by atoms with E-state index in [2.05, 4.69) is 48.3 Å². The fourth-order valence-corrected chi connectivity index (χ4v) is 1.79. The topological polar surface area (TPSA) is 49.8 Å². The Balaban J connectivity index is 2.14. The fraction of sp³-hybridized carbons (Fsp3) is 0.733. The van der Waals surface area contributed by atoms with Crippen molar-refractivity contribution in [1.82, 2.24) is 9.97 Å². The molecule has 0 aromatic carbocycles. The van der Waals surface area contributed by atoms with E-state index in [0.717, 1.165) is 42.9 Å². The van der Waals surface area contributed by atoms with Gasteiger partial charge in [0.25, 0.3) is 0 Å². The number of aromatic nitrogens is 2. The Hall–Kier alpha value is -1.32. The third-order valence-corrected chi connectivity index (χ3v) is 3.22. The van der Waals surface area contributed by atoms with Crippen LogP contribution < -0.4 is 10.6 Å². The van der Waals surface area contributed by atoms with Crippen LogP contribution in [0.15, 0.2) is 6.07 Å². The third kappa shape index (κ3) is 4.37. The third-order valence-electron chi connectivity index (χ3n) is 3.22. The summed E-state index contributed by atoms with van der Waals surface area (Å²) >= 11 is 0. The highest BCUT2D eigenvalue weighted by atomic mass is 15.1. The van der Waals surface area contributed by atoms with Crippen LogP contribution >= 0.6 is 0 Å². The van der Waals surface area contributed by atoms with Crippen molar-refractivity contribution < 1.29 is 0 Å². The van der Waals surface area contributed by atoms with Gasteiger partial charge in [0.1, 0.15) is 17.5 Å². The van der Waals surface area contributed by atoms with Crippen LogP contribution in [0, 0.1) is 5.92 Å². The Labute approximate surface area is 116 Å². The van der Waals surface area contributed by atoms with Gasteiger partial charge >= 0.3 is 0 Å².